The molecule has 2 aliphatic rings. The van der Waals surface area contributed by atoms with E-state index in [-0.39, 0.29) is 5.41 Å². The predicted octanol–water partition coefficient (Wildman–Crippen LogP) is 13.9. The number of fused-ring (bicyclic) bond motifs is 6. The van der Waals surface area contributed by atoms with Crippen LogP contribution >= 0.6 is 0 Å². The van der Waals surface area contributed by atoms with Gasteiger partial charge in [0.15, 0.2) is 11.5 Å². The highest BCUT2D eigenvalue weighted by molar-refractivity contribution is 6.06. The third-order valence-electron chi connectivity index (χ3n) is 10.8. The molecule has 8 aromatic carbocycles. The highest BCUT2D eigenvalue weighted by atomic mass is 16.5. The van der Waals surface area contributed by atoms with E-state index in [0.717, 1.165) is 39.9 Å². The number of rotatable bonds is 5. The number of para-hydroxylation sites is 1. The zero-order chi connectivity index (χ0) is 34.8. The van der Waals surface area contributed by atoms with Crippen LogP contribution in [0.3, 0.4) is 0 Å². The van der Waals surface area contributed by atoms with E-state index >= 15 is 0 Å². The Kier molecular flexibility index (Phi) is 6.84. The summed E-state index contributed by atoms with van der Waals surface area (Å²) >= 11 is 0. The van der Waals surface area contributed by atoms with Gasteiger partial charge in [0, 0.05) is 28.2 Å². The molecule has 0 radical (unpaired) electrons. The minimum absolute atomic E-state index is 0.293. The molecule has 52 heavy (non-hydrogen) atoms. The summed E-state index contributed by atoms with van der Waals surface area (Å²) in [4.78, 5) is 4.81. The lowest BCUT2D eigenvalue weighted by atomic mass is 9.73. The molecule has 3 nitrogen and oxygen atoms in total. The van der Waals surface area contributed by atoms with Gasteiger partial charge in [-0.2, -0.15) is 0 Å². The Morgan fingerprint density at radius 1 is 0.442 bits per heavy atom. The number of anilines is 6. The van der Waals surface area contributed by atoms with Crippen molar-refractivity contribution in [2.24, 2.45) is 0 Å². The molecule has 8 aromatic rings. The molecule has 2 heterocycles. The first-order chi connectivity index (χ1) is 25.5. The van der Waals surface area contributed by atoms with Crippen LogP contribution in [0.25, 0.3) is 33.0 Å². The van der Waals surface area contributed by atoms with Crippen molar-refractivity contribution in [2.75, 3.05) is 9.80 Å². The number of hydrogen-bond donors (Lipinski definition) is 0. The van der Waals surface area contributed by atoms with E-state index in [2.05, 4.69) is 206 Å². The molecule has 0 atom stereocenters. The Hall–Kier alpha value is -6.58. The molecule has 0 fully saturated rings. The molecule has 0 aromatic heterocycles. The molecule has 0 unspecified atom stereocenters. The molecule has 2 aliphatic heterocycles. The standard InChI is InChI=1S/C49H36N2O/c1-49(2)42-19-11-12-20-44(42)51-47-41-18-10-9-17-37(41)25-30-45(47)52-46-32-40(31-43(49)48(46)51)50(38-26-21-35(22-27-38)33-13-5-3-6-14-33)39-28-23-36(24-29-39)34-15-7-4-8-16-34/h3-32H,1-2H3. The summed E-state index contributed by atoms with van der Waals surface area (Å²) in [5.41, 5.74) is 13.6. The molecule has 0 saturated carbocycles. The Bertz CT molecular complexity index is 2530. The van der Waals surface area contributed by atoms with E-state index in [4.69, 9.17) is 4.74 Å². The molecule has 0 N–H and O–H groups in total. The number of hydrogen-bond acceptors (Lipinski definition) is 3. The molecule has 0 saturated heterocycles. The van der Waals surface area contributed by atoms with Crippen molar-refractivity contribution in [3.05, 3.63) is 193 Å². The second-order valence-electron chi connectivity index (χ2n) is 14.2. The maximum atomic E-state index is 6.99. The van der Waals surface area contributed by atoms with E-state index in [1.807, 2.05) is 0 Å². The fraction of sp³-hybridized carbons (Fsp3) is 0.0612. The first kappa shape index (κ1) is 30.3. The van der Waals surface area contributed by atoms with Gasteiger partial charge in [0.1, 0.15) is 0 Å². The summed E-state index contributed by atoms with van der Waals surface area (Å²) in [6.45, 7) is 4.68. The van der Waals surface area contributed by atoms with Gasteiger partial charge in [-0.05, 0) is 81.2 Å². The van der Waals surface area contributed by atoms with E-state index in [9.17, 15) is 0 Å². The average Bonchev–Trinajstić information content (AvgIpc) is 3.20. The van der Waals surface area contributed by atoms with Gasteiger partial charge in [0.2, 0.25) is 0 Å². The van der Waals surface area contributed by atoms with Crippen LogP contribution in [0.5, 0.6) is 11.5 Å². The molecule has 0 bridgehead atoms. The molecule has 0 spiro atoms. The van der Waals surface area contributed by atoms with Crippen molar-refractivity contribution in [1.29, 1.82) is 0 Å². The van der Waals surface area contributed by atoms with Crippen LogP contribution in [0.2, 0.25) is 0 Å². The van der Waals surface area contributed by atoms with Crippen LogP contribution in [-0.2, 0) is 5.41 Å². The van der Waals surface area contributed by atoms with E-state index in [0.29, 0.717) is 0 Å². The molecule has 10 rings (SSSR count). The average molecular weight is 669 g/mol. The van der Waals surface area contributed by atoms with Gasteiger partial charge in [-0.15, -0.1) is 0 Å². The summed E-state index contributed by atoms with van der Waals surface area (Å²) in [7, 11) is 0. The highest BCUT2D eigenvalue weighted by Crippen LogP contribution is 2.62. The van der Waals surface area contributed by atoms with Gasteiger partial charge < -0.3 is 14.5 Å². The Morgan fingerprint density at radius 3 is 1.65 bits per heavy atom. The van der Waals surface area contributed by atoms with Crippen LogP contribution in [0.15, 0.2) is 182 Å². The molecular formula is C49H36N2O. The predicted molar refractivity (Wildman–Crippen MR) is 216 cm³/mol. The second-order valence-corrected chi connectivity index (χ2v) is 14.2. The molecular weight excluding hydrogens is 633 g/mol. The normalized spacial score (nSPS) is 13.5. The van der Waals surface area contributed by atoms with Crippen molar-refractivity contribution < 1.29 is 4.74 Å². The Labute approximate surface area is 304 Å². The molecule has 0 aliphatic carbocycles. The topological polar surface area (TPSA) is 15.7 Å². The van der Waals surface area contributed by atoms with Crippen LogP contribution < -0.4 is 14.5 Å². The first-order valence-corrected chi connectivity index (χ1v) is 17.9. The minimum Gasteiger partial charge on any atom is -0.453 e. The third kappa shape index (κ3) is 4.74. The fourth-order valence-electron chi connectivity index (χ4n) is 8.18. The minimum atomic E-state index is -0.293. The van der Waals surface area contributed by atoms with Crippen molar-refractivity contribution in [3.63, 3.8) is 0 Å². The lowest BCUT2D eigenvalue weighted by Crippen LogP contribution is -2.32. The quantitative estimate of drug-likeness (QED) is 0.182. The van der Waals surface area contributed by atoms with Crippen molar-refractivity contribution in [1.82, 2.24) is 0 Å². The van der Waals surface area contributed by atoms with Crippen molar-refractivity contribution >= 4 is 44.9 Å². The maximum Gasteiger partial charge on any atom is 0.153 e. The van der Waals surface area contributed by atoms with Crippen molar-refractivity contribution in [3.8, 4) is 33.8 Å². The van der Waals surface area contributed by atoms with Crippen molar-refractivity contribution in [2.45, 2.75) is 19.3 Å². The van der Waals surface area contributed by atoms with Gasteiger partial charge in [0.25, 0.3) is 0 Å². The first-order valence-electron chi connectivity index (χ1n) is 17.9. The van der Waals surface area contributed by atoms with Crippen LogP contribution in [0.4, 0.5) is 34.1 Å². The van der Waals surface area contributed by atoms with E-state index in [1.54, 1.807) is 0 Å². The highest BCUT2D eigenvalue weighted by Gasteiger charge is 2.42. The van der Waals surface area contributed by atoms with Gasteiger partial charge in [-0.3, -0.25) is 0 Å². The summed E-state index contributed by atoms with van der Waals surface area (Å²) in [6.07, 6.45) is 0. The fourth-order valence-corrected chi connectivity index (χ4v) is 8.18. The summed E-state index contributed by atoms with van der Waals surface area (Å²) in [6, 6.07) is 65.3. The van der Waals surface area contributed by atoms with Crippen LogP contribution in [0, 0.1) is 0 Å². The van der Waals surface area contributed by atoms with Gasteiger partial charge in [0.05, 0.1) is 22.7 Å². The van der Waals surface area contributed by atoms with Crippen LogP contribution in [0.1, 0.15) is 25.0 Å². The van der Waals surface area contributed by atoms with E-state index < -0.39 is 0 Å². The Balaban J connectivity index is 1.19. The monoisotopic (exact) mass is 668 g/mol. The maximum absolute atomic E-state index is 6.99. The second kappa shape index (κ2) is 11.8. The summed E-state index contributed by atoms with van der Waals surface area (Å²) in [5.74, 6) is 1.71. The lowest BCUT2D eigenvalue weighted by molar-refractivity contribution is 0.472. The van der Waals surface area contributed by atoms with Gasteiger partial charge in [-0.1, -0.05) is 147 Å². The number of benzene rings is 8. The third-order valence-corrected chi connectivity index (χ3v) is 10.8. The van der Waals surface area contributed by atoms with Crippen LogP contribution in [-0.4, -0.2) is 0 Å². The van der Waals surface area contributed by atoms with Gasteiger partial charge >= 0.3 is 0 Å². The zero-order valence-corrected chi connectivity index (χ0v) is 29.1. The molecule has 0 amide bonds. The largest absolute Gasteiger partial charge is 0.453 e. The molecule has 248 valence electrons. The molecule has 3 heteroatoms. The Morgan fingerprint density at radius 2 is 1.00 bits per heavy atom. The summed E-state index contributed by atoms with van der Waals surface area (Å²) in [5, 5.41) is 2.37. The van der Waals surface area contributed by atoms with E-state index in [1.165, 1.54) is 49.8 Å². The number of ether oxygens (including phenoxy) is 1. The summed E-state index contributed by atoms with van der Waals surface area (Å²) < 4.78 is 6.99. The van der Waals surface area contributed by atoms with Gasteiger partial charge in [-0.25, -0.2) is 0 Å². The lowest BCUT2D eigenvalue weighted by Gasteiger charge is -2.45. The SMILES string of the molecule is CC1(C)c2ccccc2N2c3c(cc(N(c4ccc(-c5ccccc5)cc4)c4ccc(-c5ccccc5)cc4)cc31)Oc1ccc3ccccc3c12. The smallest absolute Gasteiger partial charge is 0.153 e. The zero-order valence-electron chi connectivity index (χ0n) is 29.1. The number of nitrogens with zero attached hydrogens (tertiary/aromatic N) is 2.